The zero-order valence-corrected chi connectivity index (χ0v) is 24.1. The van der Waals surface area contributed by atoms with E-state index in [4.69, 9.17) is 10.3 Å². The number of hydrogen-bond donors (Lipinski definition) is 2. The normalized spacial score (nSPS) is 25.1. The van der Waals surface area contributed by atoms with Crippen molar-refractivity contribution in [2.75, 3.05) is 16.8 Å². The summed E-state index contributed by atoms with van der Waals surface area (Å²) in [6, 6.07) is 21.3. The van der Waals surface area contributed by atoms with Crippen LogP contribution in [0.5, 0.6) is 0 Å². The summed E-state index contributed by atoms with van der Waals surface area (Å²) < 4.78 is 5.16. The maximum atomic E-state index is 11.7. The van der Waals surface area contributed by atoms with Gasteiger partial charge in [0.05, 0.1) is 0 Å². The maximum absolute atomic E-state index is 11.7. The molecule has 0 unspecified atom stereocenters. The molecule has 2 bridgehead atoms. The fourth-order valence-corrected chi connectivity index (χ4v) is 7.73. The van der Waals surface area contributed by atoms with E-state index in [0.29, 0.717) is 41.2 Å². The van der Waals surface area contributed by atoms with Gasteiger partial charge >= 0.3 is 0 Å². The van der Waals surface area contributed by atoms with Crippen molar-refractivity contribution >= 4 is 17.4 Å². The highest BCUT2D eigenvalue weighted by atomic mass is 16.5. The minimum atomic E-state index is -0.413. The van der Waals surface area contributed by atoms with E-state index in [-0.39, 0.29) is 0 Å². The molecule has 2 aromatic heterocycles. The van der Waals surface area contributed by atoms with Crippen LogP contribution < -0.4 is 16.0 Å². The van der Waals surface area contributed by atoms with Gasteiger partial charge in [-0.1, -0.05) is 30.1 Å². The molecule has 4 aromatic rings. The van der Waals surface area contributed by atoms with Gasteiger partial charge in [-0.25, -0.2) is 4.98 Å². The first kappa shape index (κ1) is 26.7. The molecule has 5 atom stereocenters. The van der Waals surface area contributed by atoms with E-state index in [1.165, 1.54) is 50.6 Å². The lowest BCUT2D eigenvalue weighted by atomic mass is 9.77. The Morgan fingerprint density at radius 3 is 2.62 bits per heavy atom. The van der Waals surface area contributed by atoms with Gasteiger partial charge in [0.15, 0.2) is 0 Å². The van der Waals surface area contributed by atoms with Crippen LogP contribution in [0.2, 0.25) is 0 Å². The summed E-state index contributed by atoms with van der Waals surface area (Å²) in [5.41, 5.74) is 10.3. The molecule has 1 saturated heterocycles. The Kier molecular flexibility index (Phi) is 7.14. The molecule has 8 nitrogen and oxygen atoms in total. The van der Waals surface area contributed by atoms with E-state index in [1.807, 2.05) is 37.4 Å². The number of rotatable bonds is 8. The number of primary amides is 1. The Bertz CT molecular complexity index is 1570. The molecule has 0 spiro atoms. The molecule has 3 N–H and O–H groups in total. The number of piperidine rings is 1. The number of hydrogen-bond acceptors (Lipinski definition) is 7. The SMILES string of the molecule is Cc1nc(-c2ccc(N3C[C@@H]4C[C@H](C[C@@H]5CCCC[C@H]5Nc5cc(-c6cccc(C(N)=O)c6)ccn5)[C@H]3C4)cc2)no1. The van der Waals surface area contributed by atoms with Crippen molar-refractivity contribution in [2.24, 2.45) is 23.5 Å². The van der Waals surface area contributed by atoms with Crippen molar-refractivity contribution in [3.8, 4) is 22.5 Å². The lowest BCUT2D eigenvalue weighted by Crippen LogP contribution is -2.41. The third-order valence-corrected chi connectivity index (χ3v) is 9.68. The molecule has 0 radical (unpaired) electrons. The summed E-state index contributed by atoms with van der Waals surface area (Å²) in [5.74, 6) is 3.86. The molecule has 3 aliphatic rings. The third-order valence-electron chi connectivity index (χ3n) is 9.68. The number of anilines is 2. The monoisotopic (exact) mass is 562 g/mol. The summed E-state index contributed by atoms with van der Waals surface area (Å²) in [4.78, 5) is 23.4. The second-order valence-corrected chi connectivity index (χ2v) is 12.4. The van der Waals surface area contributed by atoms with Crippen LogP contribution in [0.1, 0.15) is 61.2 Å². The molecule has 42 heavy (non-hydrogen) atoms. The summed E-state index contributed by atoms with van der Waals surface area (Å²) in [7, 11) is 0. The zero-order valence-electron chi connectivity index (χ0n) is 24.1. The fraction of sp³-hybridized carbons (Fsp3) is 0.412. The predicted octanol–water partition coefficient (Wildman–Crippen LogP) is 6.48. The quantitative estimate of drug-likeness (QED) is 0.253. The van der Waals surface area contributed by atoms with Gasteiger partial charge in [-0.3, -0.25) is 4.79 Å². The van der Waals surface area contributed by atoms with Crippen LogP contribution in [0, 0.1) is 24.7 Å². The number of amides is 1. The third kappa shape index (κ3) is 5.38. The highest BCUT2D eigenvalue weighted by Gasteiger charge is 2.46. The smallest absolute Gasteiger partial charge is 0.248 e. The summed E-state index contributed by atoms with van der Waals surface area (Å²) in [6.45, 7) is 2.97. The fourth-order valence-electron chi connectivity index (χ4n) is 7.73. The number of nitrogens with zero attached hydrogens (tertiary/aromatic N) is 4. The lowest BCUT2D eigenvalue weighted by Gasteiger charge is -2.40. The average molecular weight is 563 g/mol. The van der Waals surface area contributed by atoms with Crippen LogP contribution in [0.4, 0.5) is 11.5 Å². The van der Waals surface area contributed by atoms with Gasteiger partial charge in [0.1, 0.15) is 5.82 Å². The van der Waals surface area contributed by atoms with Crippen LogP contribution >= 0.6 is 0 Å². The van der Waals surface area contributed by atoms with Crippen LogP contribution in [-0.4, -0.2) is 39.7 Å². The van der Waals surface area contributed by atoms with Gasteiger partial charge in [-0.05, 0) is 110 Å². The van der Waals surface area contributed by atoms with Crippen LogP contribution in [0.25, 0.3) is 22.5 Å². The average Bonchev–Trinajstić information content (AvgIpc) is 3.75. The van der Waals surface area contributed by atoms with Gasteiger partial charge in [-0.15, -0.1) is 0 Å². The number of carbonyl (C=O) groups excluding carboxylic acids is 1. The van der Waals surface area contributed by atoms with Gasteiger partial charge in [-0.2, -0.15) is 4.98 Å². The predicted molar refractivity (Wildman–Crippen MR) is 164 cm³/mol. The van der Waals surface area contributed by atoms with Gasteiger partial charge in [0.2, 0.25) is 17.6 Å². The number of aryl methyl sites for hydroxylation is 1. The number of nitrogens with one attached hydrogen (secondary N) is 1. The highest BCUT2D eigenvalue weighted by Crippen LogP contribution is 2.48. The molecular formula is C34H38N6O2. The first-order chi connectivity index (χ1) is 20.5. The molecule has 3 fully saturated rings. The van der Waals surface area contributed by atoms with E-state index in [1.54, 1.807) is 6.07 Å². The van der Waals surface area contributed by atoms with Crippen molar-refractivity contribution in [1.29, 1.82) is 0 Å². The Balaban J connectivity index is 1.03. The molecule has 3 heterocycles. The lowest BCUT2D eigenvalue weighted by molar-refractivity contribution is 0.100. The Morgan fingerprint density at radius 1 is 1.00 bits per heavy atom. The molecule has 1 aliphatic heterocycles. The molecule has 8 heteroatoms. The number of aromatic nitrogens is 3. The number of fused-ring (bicyclic) bond motifs is 2. The zero-order chi connectivity index (χ0) is 28.6. The van der Waals surface area contributed by atoms with Crippen LogP contribution in [0.15, 0.2) is 71.4 Å². The van der Waals surface area contributed by atoms with Crippen molar-refractivity contribution < 1.29 is 9.32 Å². The van der Waals surface area contributed by atoms with Gasteiger partial charge in [0.25, 0.3) is 0 Å². The molecular weight excluding hydrogens is 524 g/mol. The number of benzene rings is 2. The highest BCUT2D eigenvalue weighted by molar-refractivity contribution is 5.94. The maximum Gasteiger partial charge on any atom is 0.248 e. The number of nitrogens with two attached hydrogens (primary N) is 1. The van der Waals surface area contributed by atoms with Gasteiger partial charge in [0, 0.05) is 48.6 Å². The molecule has 7 rings (SSSR count). The summed E-state index contributed by atoms with van der Waals surface area (Å²) in [6.07, 6.45) is 10.8. The summed E-state index contributed by atoms with van der Waals surface area (Å²) >= 11 is 0. The van der Waals surface area contributed by atoms with E-state index >= 15 is 0 Å². The Labute approximate surface area is 246 Å². The minimum absolute atomic E-state index is 0.413. The second kappa shape index (κ2) is 11.2. The first-order valence-corrected chi connectivity index (χ1v) is 15.3. The standard InChI is InChI=1S/C34H38N6O2/c1-21-37-34(39-42-21)23-9-11-29(12-10-23)40-20-22-15-28(31(40)16-22)18-26-5-2-3-8-30(26)38-32-19-25(13-14-36-32)24-6-4-7-27(17-24)33(35)41/h4,6-7,9-14,17,19,22,26,28,30-31H,2-3,5,8,15-16,18,20H2,1H3,(H2,35,41)(H,36,38)/t22-,26+,28-,30-,31-/m1/s1. The Morgan fingerprint density at radius 2 is 1.83 bits per heavy atom. The Hall–Kier alpha value is -4.20. The van der Waals surface area contributed by atoms with E-state index in [0.717, 1.165) is 35.0 Å². The molecule has 1 amide bonds. The van der Waals surface area contributed by atoms with Crippen molar-refractivity contribution in [3.63, 3.8) is 0 Å². The number of carbonyl (C=O) groups is 1. The van der Waals surface area contributed by atoms with Crippen molar-refractivity contribution in [2.45, 2.75) is 64.0 Å². The summed E-state index contributed by atoms with van der Waals surface area (Å²) in [5, 5.41) is 7.90. The van der Waals surface area contributed by atoms with E-state index < -0.39 is 5.91 Å². The van der Waals surface area contributed by atoms with Crippen molar-refractivity contribution in [1.82, 2.24) is 15.1 Å². The molecule has 2 aliphatic carbocycles. The van der Waals surface area contributed by atoms with E-state index in [2.05, 4.69) is 55.7 Å². The molecule has 2 aromatic carbocycles. The number of pyridine rings is 1. The molecule has 216 valence electrons. The minimum Gasteiger partial charge on any atom is -0.368 e. The first-order valence-electron chi connectivity index (χ1n) is 15.3. The van der Waals surface area contributed by atoms with E-state index in [9.17, 15) is 4.79 Å². The molecule has 2 saturated carbocycles. The van der Waals surface area contributed by atoms with Crippen LogP contribution in [0.3, 0.4) is 0 Å². The topological polar surface area (TPSA) is 110 Å². The van der Waals surface area contributed by atoms with Gasteiger partial charge < -0.3 is 20.5 Å². The largest absolute Gasteiger partial charge is 0.368 e. The van der Waals surface area contributed by atoms with Crippen molar-refractivity contribution in [3.05, 3.63) is 78.3 Å². The van der Waals surface area contributed by atoms with Crippen LogP contribution in [-0.2, 0) is 0 Å². The second-order valence-electron chi connectivity index (χ2n) is 12.4.